The second-order valence-corrected chi connectivity index (χ2v) is 7.02. The molecule has 4 heterocycles. The van der Waals surface area contributed by atoms with Crippen LogP contribution in [-0.4, -0.2) is 37.7 Å². The Morgan fingerprint density at radius 1 is 1.13 bits per heavy atom. The Labute approximate surface area is 170 Å². The number of hydrogen-bond donors (Lipinski definition) is 1. The molecule has 0 spiro atoms. The average Bonchev–Trinajstić information content (AvgIpc) is 3.39. The lowest BCUT2D eigenvalue weighted by Crippen LogP contribution is -2.25. The smallest absolute Gasteiger partial charge is 0.231 e. The number of amides is 1. The van der Waals surface area contributed by atoms with Crippen LogP contribution in [-0.2, 0) is 11.2 Å². The number of halogens is 1. The van der Waals surface area contributed by atoms with Crippen molar-refractivity contribution in [3.63, 3.8) is 0 Å². The highest BCUT2D eigenvalue weighted by Gasteiger charge is 2.28. The summed E-state index contributed by atoms with van der Waals surface area (Å²) >= 11 is 0. The molecule has 30 heavy (non-hydrogen) atoms. The van der Waals surface area contributed by atoms with E-state index < -0.39 is 0 Å². The molecule has 0 bridgehead atoms. The van der Waals surface area contributed by atoms with Crippen LogP contribution in [0.2, 0.25) is 0 Å². The number of nitrogens with zero attached hydrogens (tertiary/aromatic N) is 5. The van der Waals surface area contributed by atoms with Crippen molar-refractivity contribution in [1.82, 2.24) is 20.1 Å². The van der Waals surface area contributed by atoms with E-state index in [2.05, 4.69) is 20.1 Å². The van der Waals surface area contributed by atoms with E-state index in [4.69, 9.17) is 4.52 Å². The Balaban J connectivity index is 1.57. The molecule has 5 rings (SSSR count). The fourth-order valence-electron chi connectivity index (χ4n) is 3.56. The number of pyridine rings is 2. The van der Waals surface area contributed by atoms with Gasteiger partial charge in [0.25, 0.3) is 0 Å². The van der Waals surface area contributed by atoms with Gasteiger partial charge in [0, 0.05) is 36.1 Å². The van der Waals surface area contributed by atoms with Crippen LogP contribution in [0.15, 0.2) is 47.2 Å². The second kappa shape index (κ2) is 7.18. The van der Waals surface area contributed by atoms with Gasteiger partial charge < -0.3 is 9.63 Å². The summed E-state index contributed by atoms with van der Waals surface area (Å²) in [5.74, 6) is 0.344. The summed E-state index contributed by atoms with van der Waals surface area (Å²) in [6.07, 6.45) is 4.60. The van der Waals surface area contributed by atoms with E-state index >= 15 is 0 Å². The number of aromatic hydroxyl groups is 1. The summed E-state index contributed by atoms with van der Waals surface area (Å²) in [5.41, 5.74) is 0.911. The van der Waals surface area contributed by atoms with Crippen molar-refractivity contribution in [1.29, 1.82) is 0 Å². The van der Waals surface area contributed by atoms with E-state index in [0.29, 0.717) is 41.9 Å². The Morgan fingerprint density at radius 3 is 2.73 bits per heavy atom. The predicted molar refractivity (Wildman–Crippen MR) is 105 cm³/mol. The Morgan fingerprint density at radius 2 is 1.97 bits per heavy atom. The largest absolute Gasteiger partial charge is 0.505 e. The Kier molecular flexibility index (Phi) is 4.35. The molecule has 0 atom stereocenters. The summed E-state index contributed by atoms with van der Waals surface area (Å²) in [4.78, 5) is 26.9. The highest BCUT2D eigenvalue weighted by atomic mass is 19.1. The molecule has 0 radical (unpaired) electrons. The van der Waals surface area contributed by atoms with Crippen molar-refractivity contribution in [3.8, 4) is 17.3 Å². The molecule has 0 saturated carbocycles. The fraction of sp³-hybridized carbons (Fsp3) is 0.190. The molecule has 1 fully saturated rings. The molecular weight excluding hydrogens is 389 g/mol. The number of hydrogen-bond acceptors (Lipinski definition) is 7. The van der Waals surface area contributed by atoms with Crippen LogP contribution in [0.1, 0.15) is 24.3 Å². The van der Waals surface area contributed by atoms with Crippen molar-refractivity contribution in [3.05, 3.63) is 60.0 Å². The maximum absolute atomic E-state index is 13.1. The molecule has 1 amide bonds. The number of fused-ring (bicyclic) bond motifs is 1. The Bertz CT molecular complexity index is 1260. The van der Waals surface area contributed by atoms with Crippen LogP contribution >= 0.6 is 0 Å². The standard InChI is InChI=1S/C21H16FN5O3/c22-13-5-3-12(4-6-13)10-16-24-20(26-30-16)18-19(29)15-11-23-8-7-14(15)21(25-18)27-9-1-2-17(27)28/h3-8,11,29H,1-2,9-10H2. The number of benzene rings is 1. The number of anilines is 1. The van der Waals surface area contributed by atoms with Gasteiger partial charge in [0.15, 0.2) is 11.4 Å². The van der Waals surface area contributed by atoms with Gasteiger partial charge >= 0.3 is 0 Å². The second-order valence-electron chi connectivity index (χ2n) is 7.02. The van der Waals surface area contributed by atoms with Crippen molar-refractivity contribution in [2.45, 2.75) is 19.3 Å². The van der Waals surface area contributed by atoms with Gasteiger partial charge in [0.1, 0.15) is 11.6 Å². The summed E-state index contributed by atoms with van der Waals surface area (Å²) in [6.45, 7) is 0.551. The van der Waals surface area contributed by atoms with Gasteiger partial charge in [-0.05, 0) is 30.2 Å². The van der Waals surface area contributed by atoms with Crippen LogP contribution in [0.25, 0.3) is 22.3 Å². The highest BCUT2D eigenvalue weighted by molar-refractivity contribution is 6.06. The number of carbonyl (C=O) groups excluding carboxylic acids is 1. The lowest BCUT2D eigenvalue weighted by molar-refractivity contribution is -0.117. The zero-order valence-corrected chi connectivity index (χ0v) is 15.7. The molecule has 0 aliphatic carbocycles. The third-order valence-corrected chi connectivity index (χ3v) is 5.04. The van der Waals surface area contributed by atoms with Crippen LogP contribution in [0.3, 0.4) is 0 Å². The molecule has 1 saturated heterocycles. The fourth-order valence-corrected chi connectivity index (χ4v) is 3.56. The minimum absolute atomic E-state index is 0.0256. The number of carbonyl (C=O) groups is 1. The van der Waals surface area contributed by atoms with Crippen molar-refractivity contribution in [2.24, 2.45) is 0 Å². The SMILES string of the molecule is O=C1CCCN1c1nc(-c2noc(Cc3ccc(F)cc3)n2)c(O)c2cnccc12. The van der Waals surface area contributed by atoms with E-state index in [9.17, 15) is 14.3 Å². The van der Waals surface area contributed by atoms with Gasteiger partial charge in [-0.3, -0.25) is 14.7 Å². The minimum atomic E-state index is -0.326. The molecule has 1 aliphatic rings. The first-order valence-electron chi connectivity index (χ1n) is 9.44. The van der Waals surface area contributed by atoms with Crippen LogP contribution in [0.5, 0.6) is 5.75 Å². The molecule has 0 unspecified atom stereocenters. The highest BCUT2D eigenvalue weighted by Crippen LogP contribution is 2.38. The van der Waals surface area contributed by atoms with Gasteiger partial charge in [0.05, 0.1) is 6.42 Å². The van der Waals surface area contributed by atoms with Crippen molar-refractivity contribution < 1.29 is 18.8 Å². The molecule has 150 valence electrons. The van der Waals surface area contributed by atoms with E-state index in [1.54, 1.807) is 29.3 Å². The normalized spacial score (nSPS) is 14.0. The quantitative estimate of drug-likeness (QED) is 0.556. The minimum Gasteiger partial charge on any atom is -0.505 e. The molecule has 1 aliphatic heterocycles. The molecule has 4 aromatic rings. The lowest BCUT2D eigenvalue weighted by Gasteiger charge is -2.18. The average molecular weight is 405 g/mol. The van der Waals surface area contributed by atoms with Crippen LogP contribution < -0.4 is 4.90 Å². The number of rotatable bonds is 4. The van der Waals surface area contributed by atoms with Crippen molar-refractivity contribution >= 4 is 22.5 Å². The van der Waals surface area contributed by atoms with Gasteiger partial charge in [-0.25, -0.2) is 9.37 Å². The van der Waals surface area contributed by atoms with E-state index in [0.717, 1.165) is 12.0 Å². The third kappa shape index (κ3) is 3.14. The first-order chi connectivity index (χ1) is 14.6. The third-order valence-electron chi connectivity index (χ3n) is 5.04. The first-order valence-corrected chi connectivity index (χ1v) is 9.44. The molecule has 8 nitrogen and oxygen atoms in total. The molecule has 1 N–H and O–H groups in total. The zero-order chi connectivity index (χ0) is 20.7. The molecule has 1 aromatic carbocycles. The molecular formula is C21H16FN5O3. The van der Waals surface area contributed by atoms with Gasteiger partial charge in [-0.2, -0.15) is 4.98 Å². The van der Waals surface area contributed by atoms with Gasteiger partial charge in [-0.1, -0.05) is 17.3 Å². The summed E-state index contributed by atoms with van der Waals surface area (Å²) in [7, 11) is 0. The van der Waals surface area contributed by atoms with Gasteiger partial charge in [0.2, 0.25) is 17.6 Å². The maximum atomic E-state index is 13.1. The van der Waals surface area contributed by atoms with E-state index in [-0.39, 0.29) is 29.0 Å². The van der Waals surface area contributed by atoms with E-state index in [1.165, 1.54) is 18.3 Å². The predicted octanol–water partition coefficient (Wildman–Crippen LogP) is 3.24. The Hall–Kier alpha value is -3.88. The summed E-state index contributed by atoms with van der Waals surface area (Å²) in [5, 5.41) is 15.8. The lowest BCUT2D eigenvalue weighted by atomic mass is 10.1. The summed E-state index contributed by atoms with van der Waals surface area (Å²) < 4.78 is 18.4. The maximum Gasteiger partial charge on any atom is 0.231 e. The topological polar surface area (TPSA) is 105 Å². The zero-order valence-electron chi connectivity index (χ0n) is 15.7. The first kappa shape index (κ1) is 18.2. The molecule has 3 aromatic heterocycles. The molecule has 9 heteroatoms. The van der Waals surface area contributed by atoms with Crippen LogP contribution in [0.4, 0.5) is 10.2 Å². The van der Waals surface area contributed by atoms with E-state index in [1.807, 2.05) is 0 Å². The monoisotopic (exact) mass is 405 g/mol. The van der Waals surface area contributed by atoms with Gasteiger partial charge in [-0.15, -0.1) is 0 Å². The summed E-state index contributed by atoms with van der Waals surface area (Å²) in [6, 6.07) is 7.69. The number of aromatic nitrogens is 4. The van der Waals surface area contributed by atoms with Crippen LogP contribution in [0, 0.1) is 5.82 Å². The van der Waals surface area contributed by atoms with Crippen molar-refractivity contribution in [2.75, 3.05) is 11.4 Å².